The van der Waals surface area contributed by atoms with Gasteiger partial charge in [-0.3, -0.25) is 4.90 Å². The molecule has 10 heteroatoms. The molecule has 2 aromatic heterocycles. The predicted molar refractivity (Wildman–Crippen MR) is 136 cm³/mol. The minimum atomic E-state index is -4.67. The molecule has 5 rings (SSSR count). The molecule has 0 radical (unpaired) electrons. The van der Waals surface area contributed by atoms with Crippen LogP contribution in [0.4, 0.5) is 13.2 Å². The van der Waals surface area contributed by atoms with E-state index in [9.17, 15) is 13.2 Å². The van der Waals surface area contributed by atoms with Crippen molar-refractivity contribution in [3.8, 4) is 0 Å². The lowest BCUT2D eigenvalue weighted by Crippen LogP contribution is -2.42. The first-order valence-electron chi connectivity index (χ1n) is 12.3. The fraction of sp³-hybridized carbons (Fsp3) is 0.500. The Balaban J connectivity index is 1.55. The molecule has 36 heavy (non-hydrogen) atoms. The summed E-state index contributed by atoms with van der Waals surface area (Å²) in [7, 11) is 0. The number of alkyl halides is 3. The average Bonchev–Trinajstić information content (AvgIpc) is 3.41. The van der Waals surface area contributed by atoms with Crippen molar-refractivity contribution in [1.29, 1.82) is 0 Å². The van der Waals surface area contributed by atoms with Gasteiger partial charge in [0.25, 0.3) is 0 Å². The normalized spacial score (nSPS) is 24.3. The molecule has 2 unspecified atom stereocenters. The molecule has 1 aliphatic carbocycles. The summed E-state index contributed by atoms with van der Waals surface area (Å²) < 4.78 is 42.8. The fourth-order valence-electron chi connectivity index (χ4n) is 5.68. The van der Waals surface area contributed by atoms with Crippen molar-refractivity contribution in [2.75, 3.05) is 6.54 Å². The Kier molecular flexibility index (Phi) is 6.81. The van der Waals surface area contributed by atoms with Crippen molar-refractivity contribution in [3.05, 3.63) is 57.5 Å². The number of aromatic nitrogens is 4. The number of benzene rings is 1. The maximum atomic E-state index is 13.9. The van der Waals surface area contributed by atoms with Gasteiger partial charge in [-0.2, -0.15) is 18.3 Å². The van der Waals surface area contributed by atoms with Crippen molar-refractivity contribution in [2.45, 2.75) is 70.8 Å². The molecule has 4 atom stereocenters. The van der Waals surface area contributed by atoms with Crippen molar-refractivity contribution >= 4 is 39.9 Å². The highest BCUT2D eigenvalue weighted by Gasteiger charge is 2.39. The Morgan fingerprint density at radius 3 is 2.58 bits per heavy atom. The first-order valence-corrected chi connectivity index (χ1v) is 13.0. The van der Waals surface area contributed by atoms with Gasteiger partial charge in [0.1, 0.15) is 5.52 Å². The second kappa shape index (κ2) is 9.62. The third kappa shape index (κ3) is 4.63. The standard InChI is InChI=1S/C26H28Cl2F3N5/c1-14-11-17(6-9-22(14)35-10-4-5-15(35)2)21-13-32-23-24(26(29,30)31)34-36(25(23)33-21)16(3)19-8-7-18(27)12-20(19)28/h6-8,12-16,22H,4-5,9-11H2,1-3H3/t14?,15-,16-,22?/m1/s1. The van der Waals surface area contributed by atoms with Gasteiger partial charge in [-0.15, -0.1) is 0 Å². The third-order valence-electron chi connectivity index (χ3n) is 7.61. The Bertz CT molecular complexity index is 1320. The van der Waals surface area contributed by atoms with Gasteiger partial charge in [-0.25, -0.2) is 14.6 Å². The lowest BCUT2D eigenvalue weighted by Gasteiger charge is -2.38. The van der Waals surface area contributed by atoms with Gasteiger partial charge in [-0.05, 0) is 75.3 Å². The van der Waals surface area contributed by atoms with E-state index >= 15 is 0 Å². The topological polar surface area (TPSA) is 46.8 Å². The number of rotatable bonds is 4. The summed E-state index contributed by atoms with van der Waals surface area (Å²) >= 11 is 12.4. The fourth-order valence-corrected chi connectivity index (χ4v) is 6.24. The lowest BCUT2D eigenvalue weighted by molar-refractivity contribution is -0.140. The lowest BCUT2D eigenvalue weighted by atomic mass is 9.83. The Morgan fingerprint density at radius 2 is 1.94 bits per heavy atom. The molecule has 1 aromatic carbocycles. The number of halogens is 5. The van der Waals surface area contributed by atoms with Crippen molar-refractivity contribution in [3.63, 3.8) is 0 Å². The van der Waals surface area contributed by atoms with Crippen LogP contribution in [0.3, 0.4) is 0 Å². The van der Waals surface area contributed by atoms with Crippen LogP contribution in [0.5, 0.6) is 0 Å². The molecule has 0 spiro atoms. The van der Waals surface area contributed by atoms with Gasteiger partial charge in [0.05, 0.1) is 17.9 Å². The van der Waals surface area contributed by atoms with Gasteiger partial charge in [0.15, 0.2) is 11.3 Å². The van der Waals surface area contributed by atoms with Crippen LogP contribution in [0.1, 0.15) is 69.4 Å². The maximum absolute atomic E-state index is 13.9. The van der Waals surface area contributed by atoms with E-state index in [0.717, 1.165) is 25.0 Å². The molecule has 0 N–H and O–H groups in total. The molecule has 0 bridgehead atoms. The van der Waals surface area contributed by atoms with Gasteiger partial charge in [0, 0.05) is 22.1 Å². The molecular weight excluding hydrogens is 510 g/mol. The molecule has 2 aliphatic rings. The van der Waals surface area contributed by atoms with Crippen molar-refractivity contribution < 1.29 is 13.2 Å². The Hall–Kier alpha value is -2.16. The van der Waals surface area contributed by atoms with Crippen LogP contribution in [-0.2, 0) is 6.18 Å². The van der Waals surface area contributed by atoms with Crippen LogP contribution in [-0.4, -0.2) is 43.3 Å². The molecule has 0 amide bonds. The smallest absolute Gasteiger partial charge is 0.297 e. The van der Waals surface area contributed by atoms with Crippen LogP contribution in [0, 0.1) is 5.92 Å². The second-order valence-corrected chi connectivity index (χ2v) is 10.8. The van der Waals surface area contributed by atoms with Crippen LogP contribution >= 0.6 is 23.2 Å². The van der Waals surface area contributed by atoms with E-state index in [4.69, 9.17) is 23.2 Å². The van der Waals surface area contributed by atoms with E-state index in [1.54, 1.807) is 25.1 Å². The molecule has 1 fully saturated rings. The minimum absolute atomic E-state index is 0.0854. The summed E-state index contributed by atoms with van der Waals surface area (Å²) in [6.07, 6.45) is 3.10. The number of likely N-dealkylation sites (tertiary alicyclic amines) is 1. The molecule has 0 saturated carbocycles. The molecule has 5 nitrogen and oxygen atoms in total. The molecular formula is C26H28Cl2F3N5. The van der Waals surface area contributed by atoms with Crippen LogP contribution in [0.2, 0.25) is 10.0 Å². The predicted octanol–water partition coefficient (Wildman–Crippen LogP) is 7.43. The van der Waals surface area contributed by atoms with E-state index < -0.39 is 17.9 Å². The average molecular weight is 538 g/mol. The van der Waals surface area contributed by atoms with Gasteiger partial charge in [-0.1, -0.05) is 42.3 Å². The highest BCUT2D eigenvalue weighted by atomic mass is 35.5. The molecule has 3 heterocycles. The Morgan fingerprint density at radius 1 is 1.17 bits per heavy atom. The first kappa shape index (κ1) is 25.5. The summed E-state index contributed by atoms with van der Waals surface area (Å²) in [5, 5.41) is 4.72. The SMILES string of the molecule is CC1CC(c2cnc3c(C(F)(F)F)nn([C@H](C)c4ccc(Cl)cc4Cl)c3n2)=CCC1N1CCC[C@H]1C. The first-order chi connectivity index (χ1) is 17.0. The van der Waals surface area contributed by atoms with Crippen LogP contribution < -0.4 is 0 Å². The number of allylic oxidation sites excluding steroid dienone is 1. The zero-order valence-corrected chi connectivity index (χ0v) is 21.9. The summed E-state index contributed by atoms with van der Waals surface area (Å²) in [6.45, 7) is 7.38. The Labute approximate surface area is 218 Å². The summed E-state index contributed by atoms with van der Waals surface area (Å²) in [5.74, 6) is 0.408. The molecule has 1 saturated heterocycles. The zero-order valence-electron chi connectivity index (χ0n) is 20.4. The van der Waals surface area contributed by atoms with E-state index in [0.29, 0.717) is 39.3 Å². The quantitative estimate of drug-likeness (QED) is 0.347. The summed E-state index contributed by atoms with van der Waals surface area (Å²) in [4.78, 5) is 11.5. The monoisotopic (exact) mass is 537 g/mol. The van der Waals surface area contributed by atoms with E-state index in [1.165, 1.54) is 23.7 Å². The van der Waals surface area contributed by atoms with Gasteiger partial charge < -0.3 is 0 Å². The number of hydrogen-bond acceptors (Lipinski definition) is 4. The maximum Gasteiger partial charge on any atom is 0.437 e. The minimum Gasteiger partial charge on any atom is -0.297 e. The number of fused-ring (bicyclic) bond motifs is 1. The van der Waals surface area contributed by atoms with E-state index in [1.807, 2.05) is 0 Å². The molecule has 3 aromatic rings. The van der Waals surface area contributed by atoms with Gasteiger partial charge in [0.2, 0.25) is 0 Å². The molecule has 1 aliphatic heterocycles. The largest absolute Gasteiger partial charge is 0.437 e. The van der Waals surface area contributed by atoms with E-state index in [-0.39, 0.29) is 11.2 Å². The third-order valence-corrected chi connectivity index (χ3v) is 8.18. The summed E-state index contributed by atoms with van der Waals surface area (Å²) in [5.41, 5.74) is 0.964. The number of hydrogen-bond donors (Lipinski definition) is 0. The molecule has 192 valence electrons. The highest BCUT2D eigenvalue weighted by Crippen LogP contribution is 2.39. The van der Waals surface area contributed by atoms with Crippen molar-refractivity contribution in [2.24, 2.45) is 5.92 Å². The van der Waals surface area contributed by atoms with Crippen molar-refractivity contribution in [1.82, 2.24) is 24.6 Å². The highest BCUT2D eigenvalue weighted by molar-refractivity contribution is 6.35. The second-order valence-electron chi connectivity index (χ2n) is 10.0. The van der Waals surface area contributed by atoms with Gasteiger partial charge >= 0.3 is 6.18 Å². The van der Waals surface area contributed by atoms with Crippen LogP contribution in [0.25, 0.3) is 16.7 Å². The van der Waals surface area contributed by atoms with E-state index in [2.05, 4.69) is 39.9 Å². The summed E-state index contributed by atoms with van der Waals surface area (Å²) in [6, 6.07) is 5.35. The van der Waals surface area contributed by atoms with Crippen LogP contribution in [0.15, 0.2) is 30.5 Å². The zero-order chi connectivity index (χ0) is 25.8. The number of nitrogens with zero attached hydrogens (tertiary/aromatic N) is 5.